The first-order valence-corrected chi connectivity index (χ1v) is 5.16. The van der Waals surface area contributed by atoms with Gasteiger partial charge in [0.2, 0.25) is 0 Å². The maximum atomic E-state index is 12.5. The fraction of sp³-hybridized carbons (Fsp3) is 0.0769. The molecule has 0 unspecified atom stereocenters. The molecule has 0 radical (unpaired) electrons. The zero-order valence-electron chi connectivity index (χ0n) is 9.18. The van der Waals surface area contributed by atoms with Crippen molar-refractivity contribution in [3.05, 3.63) is 53.9 Å². The van der Waals surface area contributed by atoms with Crippen molar-refractivity contribution in [2.24, 2.45) is 0 Å². The standard InChI is InChI=1S/C13H9F2NO2/c14-12(15)11-7-10(5-6-16-11)8-1-3-9(4-2-8)13(17)18/h1-7,12H,(H,17,18). The number of halogens is 2. The zero-order valence-corrected chi connectivity index (χ0v) is 9.18. The number of hydrogen-bond donors (Lipinski definition) is 1. The van der Waals surface area contributed by atoms with E-state index in [0.717, 1.165) is 0 Å². The van der Waals surface area contributed by atoms with Gasteiger partial charge in [-0.3, -0.25) is 4.98 Å². The normalized spacial score (nSPS) is 10.6. The molecule has 92 valence electrons. The third kappa shape index (κ3) is 2.51. The van der Waals surface area contributed by atoms with E-state index in [9.17, 15) is 13.6 Å². The molecule has 1 aromatic carbocycles. The van der Waals surface area contributed by atoms with Gasteiger partial charge in [-0.15, -0.1) is 0 Å². The van der Waals surface area contributed by atoms with E-state index in [4.69, 9.17) is 5.11 Å². The maximum Gasteiger partial charge on any atom is 0.335 e. The van der Waals surface area contributed by atoms with Gasteiger partial charge in [-0.1, -0.05) is 12.1 Å². The molecule has 1 aromatic heterocycles. The largest absolute Gasteiger partial charge is 0.478 e. The van der Waals surface area contributed by atoms with E-state index in [2.05, 4.69) is 4.98 Å². The summed E-state index contributed by atoms with van der Waals surface area (Å²) >= 11 is 0. The van der Waals surface area contributed by atoms with E-state index < -0.39 is 12.4 Å². The van der Waals surface area contributed by atoms with Crippen LogP contribution in [0.5, 0.6) is 0 Å². The van der Waals surface area contributed by atoms with E-state index in [-0.39, 0.29) is 11.3 Å². The molecular formula is C13H9F2NO2. The van der Waals surface area contributed by atoms with Crippen LogP contribution in [0.3, 0.4) is 0 Å². The first-order chi connectivity index (χ1) is 8.58. The molecule has 0 fully saturated rings. The molecule has 2 aromatic rings. The minimum atomic E-state index is -2.62. The molecule has 0 bridgehead atoms. The number of pyridine rings is 1. The summed E-state index contributed by atoms with van der Waals surface area (Å²) in [6.45, 7) is 0. The SMILES string of the molecule is O=C(O)c1ccc(-c2ccnc(C(F)F)c2)cc1. The van der Waals surface area contributed by atoms with Crippen molar-refractivity contribution in [2.75, 3.05) is 0 Å². The fourth-order valence-corrected chi connectivity index (χ4v) is 1.55. The average Bonchev–Trinajstić information content (AvgIpc) is 2.39. The third-order valence-electron chi connectivity index (χ3n) is 2.47. The maximum absolute atomic E-state index is 12.5. The second-order valence-electron chi connectivity index (χ2n) is 3.65. The molecule has 1 heterocycles. The number of benzene rings is 1. The van der Waals surface area contributed by atoms with Gasteiger partial charge >= 0.3 is 5.97 Å². The van der Waals surface area contributed by atoms with E-state index in [1.54, 1.807) is 18.2 Å². The van der Waals surface area contributed by atoms with Crippen molar-refractivity contribution in [2.45, 2.75) is 6.43 Å². The van der Waals surface area contributed by atoms with E-state index in [0.29, 0.717) is 11.1 Å². The van der Waals surface area contributed by atoms with E-state index in [1.165, 1.54) is 24.4 Å². The number of nitrogens with zero attached hydrogens (tertiary/aromatic N) is 1. The Balaban J connectivity index is 2.36. The molecule has 3 nitrogen and oxygen atoms in total. The topological polar surface area (TPSA) is 50.2 Å². The number of carboxylic acid groups (broad SMARTS) is 1. The summed E-state index contributed by atoms with van der Waals surface area (Å²) in [5, 5.41) is 8.75. The van der Waals surface area contributed by atoms with Crippen molar-refractivity contribution >= 4 is 5.97 Å². The van der Waals surface area contributed by atoms with Gasteiger partial charge in [0.25, 0.3) is 6.43 Å². The van der Waals surface area contributed by atoms with Gasteiger partial charge < -0.3 is 5.11 Å². The van der Waals surface area contributed by atoms with Crippen LogP contribution in [0.2, 0.25) is 0 Å². The lowest BCUT2D eigenvalue weighted by molar-refractivity contribution is 0.0697. The molecule has 0 amide bonds. The van der Waals surface area contributed by atoms with Crippen LogP contribution < -0.4 is 0 Å². The summed E-state index contributed by atoms with van der Waals surface area (Å²) < 4.78 is 25.0. The molecule has 18 heavy (non-hydrogen) atoms. The number of aromatic carboxylic acids is 1. The molecule has 0 aliphatic heterocycles. The van der Waals surface area contributed by atoms with Crippen LogP contribution in [0.4, 0.5) is 8.78 Å². The molecule has 2 rings (SSSR count). The Morgan fingerprint density at radius 1 is 1.11 bits per heavy atom. The Morgan fingerprint density at radius 3 is 2.33 bits per heavy atom. The highest BCUT2D eigenvalue weighted by molar-refractivity contribution is 5.88. The third-order valence-corrected chi connectivity index (χ3v) is 2.47. The Kier molecular flexibility index (Phi) is 3.32. The lowest BCUT2D eigenvalue weighted by Crippen LogP contribution is -1.95. The van der Waals surface area contributed by atoms with Gasteiger partial charge in [-0.25, -0.2) is 13.6 Å². The van der Waals surface area contributed by atoms with Crippen LogP contribution in [0.25, 0.3) is 11.1 Å². The van der Waals surface area contributed by atoms with E-state index in [1.807, 2.05) is 0 Å². The molecule has 0 atom stereocenters. The number of rotatable bonds is 3. The number of carbonyl (C=O) groups is 1. The minimum Gasteiger partial charge on any atom is -0.478 e. The molecule has 0 aliphatic rings. The average molecular weight is 249 g/mol. The molecule has 0 saturated carbocycles. The Bertz CT molecular complexity index is 567. The van der Waals surface area contributed by atoms with Crippen molar-refractivity contribution in [3.8, 4) is 11.1 Å². The molecule has 0 spiro atoms. The first-order valence-electron chi connectivity index (χ1n) is 5.16. The monoisotopic (exact) mass is 249 g/mol. The molecule has 5 heteroatoms. The molecule has 0 aliphatic carbocycles. The van der Waals surface area contributed by atoms with Crippen LogP contribution >= 0.6 is 0 Å². The molecular weight excluding hydrogens is 240 g/mol. The van der Waals surface area contributed by atoms with Gasteiger partial charge in [0.15, 0.2) is 0 Å². The van der Waals surface area contributed by atoms with Crippen LogP contribution in [0.1, 0.15) is 22.5 Å². The van der Waals surface area contributed by atoms with Crippen LogP contribution in [-0.2, 0) is 0 Å². The summed E-state index contributed by atoms with van der Waals surface area (Å²) in [5.41, 5.74) is 1.11. The molecule has 1 N–H and O–H groups in total. The zero-order chi connectivity index (χ0) is 13.1. The number of alkyl halides is 2. The predicted octanol–water partition coefficient (Wildman–Crippen LogP) is 3.38. The lowest BCUT2D eigenvalue weighted by Gasteiger charge is -2.04. The van der Waals surface area contributed by atoms with Gasteiger partial charge in [0, 0.05) is 6.20 Å². The molecule has 0 saturated heterocycles. The number of hydrogen-bond acceptors (Lipinski definition) is 2. The van der Waals surface area contributed by atoms with Gasteiger partial charge in [0.05, 0.1) is 5.56 Å². The predicted molar refractivity (Wildman–Crippen MR) is 61.6 cm³/mol. The first kappa shape index (κ1) is 12.2. The summed E-state index contributed by atoms with van der Waals surface area (Å²) in [5.74, 6) is -1.02. The number of aromatic nitrogens is 1. The van der Waals surface area contributed by atoms with E-state index >= 15 is 0 Å². The lowest BCUT2D eigenvalue weighted by atomic mass is 10.0. The van der Waals surface area contributed by atoms with Crippen molar-refractivity contribution in [3.63, 3.8) is 0 Å². The fourth-order valence-electron chi connectivity index (χ4n) is 1.55. The van der Waals surface area contributed by atoms with Gasteiger partial charge in [-0.05, 0) is 35.4 Å². The van der Waals surface area contributed by atoms with Crippen molar-refractivity contribution in [1.82, 2.24) is 4.98 Å². The summed E-state index contributed by atoms with van der Waals surface area (Å²) in [4.78, 5) is 14.2. The highest BCUT2D eigenvalue weighted by Crippen LogP contribution is 2.24. The summed E-state index contributed by atoms with van der Waals surface area (Å²) in [6, 6.07) is 8.91. The highest BCUT2D eigenvalue weighted by atomic mass is 19.3. The second-order valence-corrected chi connectivity index (χ2v) is 3.65. The van der Waals surface area contributed by atoms with Gasteiger partial charge in [0.1, 0.15) is 5.69 Å². The smallest absolute Gasteiger partial charge is 0.335 e. The van der Waals surface area contributed by atoms with Gasteiger partial charge in [-0.2, -0.15) is 0 Å². The second kappa shape index (κ2) is 4.91. The number of carboxylic acids is 1. The van der Waals surface area contributed by atoms with Crippen LogP contribution in [0.15, 0.2) is 42.6 Å². The Hall–Kier alpha value is -2.30. The van der Waals surface area contributed by atoms with Crippen molar-refractivity contribution < 1.29 is 18.7 Å². The Labute approximate surface area is 102 Å². The van der Waals surface area contributed by atoms with Crippen molar-refractivity contribution in [1.29, 1.82) is 0 Å². The summed E-state index contributed by atoms with van der Waals surface area (Å²) in [7, 11) is 0. The Morgan fingerprint density at radius 2 is 1.78 bits per heavy atom. The minimum absolute atomic E-state index is 0.155. The van der Waals surface area contributed by atoms with Crippen LogP contribution in [-0.4, -0.2) is 16.1 Å². The quantitative estimate of drug-likeness (QED) is 0.907. The highest BCUT2D eigenvalue weighted by Gasteiger charge is 2.10. The summed E-state index contributed by atoms with van der Waals surface area (Å²) in [6.07, 6.45) is -1.31. The van der Waals surface area contributed by atoms with Crippen LogP contribution in [0, 0.1) is 0 Å².